The van der Waals surface area contributed by atoms with Crippen molar-refractivity contribution < 1.29 is 14.3 Å². The molecule has 1 aromatic heterocycles. The zero-order valence-corrected chi connectivity index (χ0v) is 19.1. The van der Waals surface area contributed by atoms with Crippen molar-refractivity contribution in [3.63, 3.8) is 0 Å². The maximum Gasteiger partial charge on any atom is 0.255 e. The van der Waals surface area contributed by atoms with Crippen molar-refractivity contribution in [1.29, 1.82) is 0 Å². The van der Waals surface area contributed by atoms with Crippen LogP contribution in [0.1, 0.15) is 24.2 Å². The number of aromatic amines is 1. The summed E-state index contributed by atoms with van der Waals surface area (Å²) in [5, 5.41) is 3.45. The summed E-state index contributed by atoms with van der Waals surface area (Å²) in [6.45, 7) is 4.77. The maximum atomic E-state index is 12.9. The van der Waals surface area contributed by atoms with Gasteiger partial charge in [0.15, 0.2) is 11.5 Å². The molecule has 0 aliphatic rings. The Hall–Kier alpha value is -3.77. The molecule has 0 radical (unpaired) electrons. The Morgan fingerprint density at radius 2 is 1.73 bits per heavy atom. The molecular formula is C26H24ClN3O3. The number of rotatable bonds is 8. The first-order valence-corrected chi connectivity index (χ1v) is 11.1. The van der Waals surface area contributed by atoms with Crippen molar-refractivity contribution in [2.75, 3.05) is 18.5 Å². The van der Waals surface area contributed by atoms with Gasteiger partial charge >= 0.3 is 0 Å². The van der Waals surface area contributed by atoms with Crippen LogP contribution < -0.4 is 14.8 Å². The number of ether oxygens (including phenoxy) is 2. The van der Waals surface area contributed by atoms with E-state index in [0.717, 1.165) is 11.3 Å². The molecule has 0 saturated heterocycles. The minimum atomic E-state index is -0.267. The van der Waals surface area contributed by atoms with Gasteiger partial charge in [-0.15, -0.1) is 0 Å². The van der Waals surface area contributed by atoms with Gasteiger partial charge in [0.2, 0.25) is 0 Å². The fourth-order valence-electron chi connectivity index (χ4n) is 3.40. The molecule has 0 saturated carbocycles. The van der Waals surface area contributed by atoms with Gasteiger partial charge in [0, 0.05) is 16.8 Å². The van der Waals surface area contributed by atoms with Crippen LogP contribution in [0.5, 0.6) is 11.5 Å². The van der Waals surface area contributed by atoms with Crippen LogP contribution in [0.15, 0.2) is 72.9 Å². The van der Waals surface area contributed by atoms with E-state index in [-0.39, 0.29) is 5.91 Å². The predicted molar refractivity (Wildman–Crippen MR) is 131 cm³/mol. The standard InChI is InChI=1S/C26H24ClN3O3/c1-3-32-23-13-10-18(14-24(23)33-4-2)26(31)29-19-11-12-21(27)20(15-19)25-28-16-22(30-25)17-8-6-5-7-9-17/h5-16H,3-4H2,1-2H3,(H,28,30)(H,29,31). The van der Waals surface area contributed by atoms with Crippen molar-refractivity contribution in [3.05, 3.63) is 83.5 Å². The van der Waals surface area contributed by atoms with Crippen molar-refractivity contribution >= 4 is 23.2 Å². The molecule has 0 unspecified atom stereocenters. The van der Waals surface area contributed by atoms with E-state index in [0.29, 0.717) is 52.4 Å². The molecular weight excluding hydrogens is 438 g/mol. The first-order valence-electron chi connectivity index (χ1n) is 10.7. The first-order chi connectivity index (χ1) is 16.1. The van der Waals surface area contributed by atoms with Gasteiger partial charge in [0.1, 0.15) is 5.82 Å². The van der Waals surface area contributed by atoms with Gasteiger partial charge in [-0.1, -0.05) is 41.9 Å². The fourth-order valence-corrected chi connectivity index (χ4v) is 3.61. The largest absolute Gasteiger partial charge is 0.490 e. The molecule has 4 rings (SSSR count). The van der Waals surface area contributed by atoms with Crippen molar-refractivity contribution in [3.8, 4) is 34.1 Å². The zero-order valence-electron chi connectivity index (χ0n) is 18.4. The highest BCUT2D eigenvalue weighted by molar-refractivity contribution is 6.33. The molecule has 0 atom stereocenters. The summed E-state index contributed by atoms with van der Waals surface area (Å²) >= 11 is 6.44. The van der Waals surface area contributed by atoms with Crippen molar-refractivity contribution in [2.24, 2.45) is 0 Å². The summed E-state index contributed by atoms with van der Waals surface area (Å²) < 4.78 is 11.2. The average Bonchev–Trinajstić information content (AvgIpc) is 3.32. The number of nitrogens with zero attached hydrogens (tertiary/aromatic N) is 1. The van der Waals surface area contributed by atoms with Crippen molar-refractivity contribution in [2.45, 2.75) is 13.8 Å². The minimum Gasteiger partial charge on any atom is -0.490 e. The Kier molecular flexibility index (Phi) is 6.95. The summed E-state index contributed by atoms with van der Waals surface area (Å²) in [5.74, 6) is 1.50. The van der Waals surface area contributed by atoms with Crippen LogP contribution in [0.3, 0.4) is 0 Å². The molecule has 7 heteroatoms. The Bertz CT molecular complexity index is 1250. The third-order valence-corrected chi connectivity index (χ3v) is 5.28. The van der Waals surface area contributed by atoms with Gasteiger partial charge in [-0.25, -0.2) is 4.98 Å². The molecule has 0 bridgehead atoms. The molecule has 33 heavy (non-hydrogen) atoms. The van der Waals surface area contributed by atoms with Crippen LogP contribution in [0.4, 0.5) is 5.69 Å². The number of hydrogen-bond donors (Lipinski definition) is 2. The Morgan fingerprint density at radius 3 is 2.48 bits per heavy atom. The van der Waals surface area contributed by atoms with E-state index in [2.05, 4.69) is 15.3 Å². The summed E-state index contributed by atoms with van der Waals surface area (Å²) in [7, 11) is 0. The lowest BCUT2D eigenvalue weighted by atomic mass is 10.1. The maximum absolute atomic E-state index is 12.9. The number of benzene rings is 3. The lowest BCUT2D eigenvalue weighted by molar-refractivity contribution is 0.102. The van der Waals surface area contributed by atoms with Crippen LogP contribution in [-0.4, -0.2) is 29.1 Å². The second kappa shape index (κ2) is 10.2. The fraction of sp³-hybridized carbons (Fsp3) is 0.154. The summed E-state index contributed by atoms with van der Waals surface area (Å²) in [6, 6.07) is 20.3. The van der Waals surface area contributed by atoms with E-state index in [4.69, 9.17) is 21.1 Å². The van der Waals surface area contributed by atoms with Gasteiger partial charge in [0.25, 0.3) is 5.91 Å². The molecule has 4 aromatic rings. The predicted octanol–water partition coefficient (Wildman–Crippen LogP) is 6.45. The highest BCUT2D eigenvalue weighted by Crippen LogP contribution is 2.32. The molecule has 0 aliphatic carbocycles. The number of imidazole rings is 1. The van der Waals surface area contributed by atoms with E-state index in [1.807, 2.05) is 44.2 Å². The number of amides is 1. The molecule has 0 aliphatic heterocycles. The lowest BCUT2D eigenvalue weighted by Crippen LogP contribution is -2.12. The normalized spacial score (nSPS) is 10.6. The molecule has 6 nitrogen and oxygen atoms in total. The van der Waals surface area contributed by atoms with Gasteiger partial charge in [0.05, 0.1) is 30.1 Å². The van der Waals surface area contributed by atoms with Crippen LogP contribution in [0.25, 0.3) is 22.6 Å². The number of halogens is 1. The van der Waals surface area contributed by atoms with Crippen LogP contribution >= 0.6 is 11.6 Å². The smallest absolute Gasteiger partial charge is 0.255 e. The van der Waals surface area contributed by atoms with Crippen molar-refractivity contribution in [1.82, 2.24) is 9.97 Å². The Balaban J connectivity index is 1.57. The number of nitrogens with one attached hydrogen (secondary N) is 2. The van der Waals surface area contributed by atoms with Crippen LogP contribution in [-0.2, 0) is 0 Å². The molecule has 1 heterocycles. The number of carbonyl (C=O) groups is 1. The third kappa shape index (κ3) is 5.18. The first kappa shape index (κ1) is 22.4. The second-order valence-electron chi connectivity index (χ2n) is 7.19. The molecule has 3 aromatic carbocycles. The topological polar surface area (TPSA) is 76.2 Å². The van der Waals surface area contributed by atoms with E-state index in [9.17, 15) is 4.79 Å². The Labute approximate surface area is 197 Å². The SMILES string of the molecule is CCOc1ccc(C(=O)Nc2ccc(Cl)c(-c3ncc(-c4ccccc4)[nH]3)c2)cc1OCC. The Morgan fingerprint density at radius 1 is 0.970 bits per heavy atom. The monoisotopic (exact) mass is 461 g/mol. The average molecular weight is 462 g/mol. The number of H-pyrrole nitrogens is 1. The van der Waals surface area contributed by atoms with Gasteiger partial charge in [-0.05, 0) is 55.8 Å². The second-order valence-corrected chi connectivity index (χ2v) is 7.59. The molecule has 1 amide bonds. The summed E-state index contributed by atoms with van der Waals surface area (Å²) in [4.78, 5) is 20.7. The van der Waals surface area contributed by atoms with Crippen LogP contribution in [0, 0.1) is 0 Å². The van der Waals surface area contributed by atoms with E-state index in [1.165, 1.54) is 0 Å². The number of hydrogen-bond acceptors (Lipinski definition) is 4. The van der Waals surface area contributed by atoms with Gasteiger partial charge in [-0.2, -0.15) is 0 Å². The van der Waals surface area contributed by atoms with Gasteiger partial charge in [-0.3, -0.25) is 4.79 Å². The van der Waals surface area contributed by atoms with Crippen LogP contribution in [0.2, 0.25) is 5.02 Å². The summed E-state index contributed by atoms with van der Waals surface area (Å²) in [6.07, 6.45) is 1.77. The number of aromatic nitrogens is 2. The van der Waals surface area contributed by atoms with E-state index < -0.39 is 0 Å². The number of carbonyl (C=O) groups excluding carboxylic acids is 1. The highest BCUT2D eigenvalue weighted by Gasteiger charge is 2.14. The summed E-state index contributed by atoms with van der Waals surface area (Å²) in [5.41, 5.74) is 3.66. The highest BCUT2D eigenvalue weighted by atomic mass is 35.5. The van der Waals surface area contributed by atoms with E-state index >= 15 is 0 Å². The molecule has 0 fully saturated rings. The molecule has 0 spiro atoms. The molecule has 168 valence electrons. The number of anilines is 1. The third-order valence-electron chi connectivity index (χ3n) is 4.95. The zero-order chi connectivity index (χ0) is 23.2. The lowest BCUT2D eigenvalue weighted by Gasteiger charge is -2.13. The minimum absolute atomic E-state index is 0.267. The van der Waals surface area contributed by atoms with E-state index in [1.54, 1.807) is 42.6 Å². The van der Waals surface area contributed by atoms with Gasteiger partial charge < -0.3 is 19.8 Å². The quantitative estimate of drug-likeness (QED) is 0.316. The molecule has 2 N–H and O–H groups in total.